The van der Waals surface area contributed by atoms with Gasteiger partial charge in [0.2, 0.25) is 0 Å². The molecule has 2 aromatic rings. The fourth-order valence-electron chi connectivity index (χ4n) is 3.67. The number of hydrogen-bond acceptors (Lipinski definition) is 3. The molecular weight excluding hydrogens is 509 g/mol. The Morgan fingerprint density at radius 1 is 1.17 bits per heavy atom. The molecule has 0 aliphatic carbocycles. The summed E-state index contributed by atoms with van der Waals surface area (Å²) >= 11 is -4.20. The fraction of sp³-hybridized carbons (Fsp3) is 0.565. The van der Waals surface area contributed by atoms with Gasteiger partial charge < -0.3 is 0 Å². The van der Waals surface area contributed by atoms with Crippen LogP contribution in [0.3, 0.4) is 0 Å². The molecule has 0 saturated heterocycles. The Labute approximate surface area is 188 Å². The summed E-state index contributed by atoms with van der Waals surface area (Å²) in [5, 5.41) is 0. The second-order valence-corrected chi connectivity index (χ2v) is 19.6. The van der Waals surface area contributed by atoms with Crippen LogP contribution in [0.5, 0.6) is 0 Å². The molecule has 0 saturated carbocycles. The fourth-order valence-corrected chi connectivity index (χ4v) is 13.5. The second kappa shape index (κ2) is 12.2. The summed E-state index contributed by atoms with van der Waals surface area (Å²) in [5.74, 6) is 0.465. The van der Waals surface area contributed by atoms with Gasteiger partial charge >= 0.3 is 189 Å². The standard InChI is InChI=1S/C23H37IN3O2S/c1-6-24(11-7-8-13-27-30(28)29,15-22-20(5)14-19(4)17-26-22)16-23-21(18(2)3)10-9-12-25-23/h9-10,12,14,17-18,27H,6-8,11,13,15-16H2,1-5H3,(H,28,29)/q-1. The molecule has 0 amide bonds. The van der Waals surface area contributed by atoms with Crippen LogP contribution in [0.4, 0.5) is 0 Å². The number of halogens is 1. The van der Waals surface area contributed by atoms with Crippen molar-refractivity contribution in [2.24, 2.45) is 0 Å². The predicted octanol–water partition coefficient (Wildman–Crippen LogP) is 1.60. The first-order valence-electron chi connectivity index (χ1n) is 10.6. The molecule has 0 aliphatic rings. The van der Waals surface area contributed by atoms with E-state index < -0.39 is 29.7 Å². The van der Waals surface area contributed by atoms with E-state index in [1.54, 1.807) is 0 Å². The molecule has 2 atom stereocenters. The molecular formula is C23H37IN3O2S-. The molecule has 5 nitrogen and oxygen atoms in total. The first-order valence-corrected chi connectivity index (χ1v) is 17.8. The molecule has 7 heteroatoms. The van der Waals surface area contributed by atoms with Crippen molar-refractivity contribution in [3.05, 3.63) is 58.7 Å². The molecule has 2 N–H and O–H groups in total. The summed E-state index contributed by atoms with van der Waals surface area (Å²) in [4.78, 5) is 9.63. The Balaban J connectivity index is 2.28. The normalized spacial score (nSPS) is 15.7. The zero-order chi connectivity index (χ0) is 22.1. The van der Waals surface area contributed by atoms with Crippen molar-refractivity contribution in [3.8, 4) is 0 Å². The van der Waals surface area contributed by atoms with Crippen LogP contribution in [0.25, 0.3) is 0 Å². The van der Waals surface area contributed by atoms with Gasteiger partial charge in [-0.05, 0) is 0 Å². The van der Waals surface area contributed by atoms with Crippen molar-refractivity contribution in [1.29, 1.82) is 0 Å². The van der Waals surface area contributed by atoms with Gasteiger partial charge in [0.1, 0.15) is 0 Å². The minimum atomic E-state index is -2.28. The third-order valence-corrected chi connectivity index (χ3v) is 16.9. The Hall–Kier alpha value is -0.900. The molecule has 2 aromatic heterocycles. The van der Waals surface area contributed by atoms with Crippen LogP contribution in [-0.2, 0) is 20.1 Å². The van der Waals surface area contributed by atoms with Gasteiger partial charge in [0.05, 0.1) is 0 Å². The average molecular weight is 547 g/mol. The number of nitrogens with one attached hydrogen (secondary N) is 1. The van der Waals surface area contributed by atoms with E-state index in [1.807, 2.05) is 18.5 Å². The third kappa shape index (κ3) is 7.66. The average Bonchev–Trinajstić information content (AvgIpc) is 2.69. The number of nitrogens with zero attached hydrogens (tertiary/aromatic N) is 2. The summed E-state index contributed by atoms with van der Waals surface area (Å²) in [5.41, 5.74) is 6.38. The molecule has 2 rings (SSSR count). The predicted molar refractivity (Wildman–Crippen MR) is 123 cm³/mol. The topological polar surface area (TPSA) is 75.1 Å². The molecule has 2 unspecified atom stereocenters. The van der Waals surface area contributed by atoms with Crippen molar-refractivity contribution in [2.45, 2.75) is 62.2 Å². The Kier molecular flexibility index (Phi) is 10.3. The van der Waals surface area contributed by atoms with Crippen molar-refractivity contribution in [2.75, 3.05) is 15.4 Å². The first kappa shape index (κ1) is 25.4. The van der Waals surface area contributed by atoms with Gasteiger partial charge in [-0.25, -0.2) is 0 Å². The van der Waals surface area contributed by atoms with Gasteiger partial charge in [0.25, 0.3) is 0 Å². The third-order valence-electron chi connectivity index (χ3n) is 5.44. The minimum absolute atomic E-state index is 0.465. The van der Waals surface area contributed by atoms with Crippen LogP contribution in [-0.4, -0.2) is 34.1 Å². The summed E-state index contributed by atoms with van der Waals surface area (Å²) in [6.45, 7) is 11.7. The van der Waals surface area contributed by atoms with E-state index in [-0.39, 0.29) is 0 Å². The SMILES string of the molecule is CC[I-](CCCCNS(=O)O)(Cc1ncc(C)cc1C)Cc1ncccc1C(C)C. The number of pyridine rings is 2. The van der Waals surface area contributed by atoms with Crippen LogP contribution in [0.2, 0.25) is 0 Å². The van der Waals surface area contributed by atoms with Crippen LogP contribution in [0, 0.1) is 13.8 Å². The van der Waals surface area contributed by atoms with Gasteiger partial charge in [-0.15, -0.1) is 0 Å². The molecule has 0 spiro atoms. The Morgan fingerprint density at radius 3 is 2.53 bits per heavy atom. The van der Waals surface area contributed by atoms with Gasteiger partial charge in [-0.1, -0.05) is 0 Å². The molecule has 170 valence electrons. The van der Waals surface area contributed by atoms with E-state index in [4.69, 9.17) is 14.5 Å². The van der Waals surface area contributed by atoms with Crippen LogP contribution < -0.4 is 23.2 Å². The summed E-state index contributed by atoms with van der Waals surface area (Å²) in [6.07, 6.45) is 5.91. The Bertz CT molecular complexity index is 847. The number of aromatic nitrogens is 2. The molecule has 2 heterocycles. The van der Waals surface area contributed by atoms with E-state index in [2.05, 4.69) is 51.5 Å². The number of unbranched alkanes of at least 4 members (excludes halogenated alkanes) is 1. The molecule has 30 heavy (non-hydrogen) atoms. The molecule has 0 radical (unpaired) electrons. The zero-order valence-electron chi connectivity index (χ0n) is 18.9. The van der Waals surface area contributed by atoms with Crippen molar-refractivity contribution in [1.82, 2.24) is 14.7 Å². The quantitative estimate of drug-likeness (QED) is 0.184. The summed E-state index contributed by atoms with van der Waals surface area (Å²) < 4.78 is 27.0. The van der Waals surface area contributed by atoms with Gasteiger partial charge in [-0.2, -0.15) is 0 Å². The van der Waals surface area contributed by atoms with Crippen molar-refractivity contribution >= 4 is 11.3 Å². The maximum absolute atomic E-state index is 10.9. The summed E-state index contributed by atoms with van der Waals surface area (Å²) in [7, 11) is 0. The number of rotatable bonds is 12. The zero-order valence-corrected chi connectivity index (χ0v) is 21.9. The van der Waals surface area contributed by atoms with Crippen molar-refractivity contribution in [3.63, 3.8) is 0 Å². The number of alkyl halides is 4. The molecule has 0 bridgehead atoms. The van der Waals surface area contributed by atoms with Crippen molar-refractivity contribution < 1.29 is 27.2 Å². The van der Waals surface area contributed by atoms with E-state index in [1.165, 1.54) is 36.9 Å². The molecule has 0 aliphatic heterocycles. The van der Waals surface area contributed by atoms with Crippen LogP contribution >= 0.6 is 0 Å². The number of aryl methyl sites for hydroxylation is 2. The molecule has 0 fully saturated rings. The van der Waals surface area contributed by atoms with E-state index in [0.29, 0.717) is 12.5 Å². The van der Waals surface area contributed by atoms with E-state index in [0.717, 1.165) is 21.7 Å². The summed E-state index contributed by atoms with van der Waals surface area (Å²) in [6, 6.07) is 6.51. The van der Waals surface area contributed by atoms with Crippen LogP contribution in [0.15, 0.2) is 30.6 Å². The van der Waals surface area contributed by atoms with Gasteiger partial charge in [-0.3, -0.25) is 0 Å². The van der Waals surface area contributed by atoms with E-state index in [9.17, 15) is 4.21 Å². The Morgan fingerprint density at radius 2 is 1.90 bits per heavy atom. The number of hydrogen-bond donors (Lipinski definition) is 2. The van der Waals surface area contributed by atoms with E-state index >= 15 is 0 Å². The van der Waals surface area contributed by atoms with Crippen LogP contribution in [0.1, 0.15) is 67.6 Å². The monoisotopic (exact) mass is 546 g/mol. The second-order valence-electron chi connectivity index (χ2n) is 8.18. The van der Waals surface area contributed by atoms with Gasteiger partial charge in [0, 0.05) is 0 Å². The first-order chi connectivity index (χ1) is 14.3. The maximum atomic E-state index is 10.9. The van der Waals surface area contributed by atoms with Gasteiger partial charge in [0.15, 0.2) is 0 Å². The molecule has 0 aromatic carbocycles.